The Morgan fingerprint density at radius 3 is 2.94 bits per heavy atom. The summed E-state index contributed by atoms with van der Waals surface area (Å²) in [6.07, 6.45) is 2.61. The number of nitrogens with zero attached hydrogens (tertiary/aromatic N) is 1. The second-order valence-corrected chi connectivity index (χ2v) is 5.77. The minimum absolute atomic E-state index is 0.263. The van der Waals surface area contributed by atoms with Crippen LogP contribution in [-0.4, -0.2) is 32.2 Å². The minimum atomic E-state index is -0.729. The van der Waals surface area contributed by atoms with Gasteiger partial charge in [-0.2, -0.15) is 0 Å². The quantitative estimate of drug-likeness (QED) is 0.856. The fraction of sp³-hybridized carbons (Fsp3) is 0.417. The van der Waals surface area contributed by atoms with E-state index < -0.39 is 10.8 Å². The molecule has 4 nitrogen and oxygen atoms in total. The van der Waals surface area contributed by atoms with Crippen molar-refractivity contribution < 1.29 is 4.21 Å². The van der Waals surface area contributed by atoms with E-state index in [9.17, 15) is 4.21 Å². The molecule has 2 unspecified atom stereocenters. The maximum absolute atomic E-state index is 11.0. The first-order valence-electron chi connectivity index (χ1n) is 5.66. The molecule has 1 aromatic heterocycles. The highest BCUT2D eigenvalue weighted by molar-refractivity contribution is 7.84. The molecule has 0 spiro atoms. The summed E-state index contributed by atoms with van der Waals surface area (Å²) < 4.78 is 11.0. The molecule has 0 fully saturated rings. The molecule has 0 radical (unpaired) electrons. The van der Waals surface area contributed by atoms with Crippen LogP contribution in [0.15, 0.2) is 24.3 Å². The van der Waals surface area contributed by atoms with E-state index in [4.69, 9.17) is 0 Å². The standard InChI is InChI=1S/C12H17N3OS/c1-9(7-8-17(2)16)13-12-14-10-5-3-4-6-11(10)15-12/h3-6,9H,7-8H2,1-2H3,(H2,13,14,15). The van der Waals surface area contributed by atoms with Crippen LogP contribution in [0.3, 0.4) is 0 Å². The topological polar surface area (TPSA) is 57.8 Å². The largest absolute Gasteiger partial charge is 0.353 e. The van der Waals surface area contributed by atoms with Crippen LogP contribution >= 0.6 is 0 Å². The van der Waals surface area contributed by atoms with Gasteiger partial charge in [-0.15, -0.1) is 0 Å². The van der Waals surface area contributed by atoms with E-state index in [-0.39, 0.29) is 6.04 Å². The van der Waals surface area contributed by atoms with Gasteiger partial charge in [-0.05, 0) is 25.5 Å². The van der Waals surface area contributed by atoms with E-state index in [1.165, 1.54) is 0 Å². The molecule has 2 rings (SSSR count). The number of imidazole rings is 1. The number of aromatic amines is 1. The number of nitrogens with one attached hydrogen (secondary N) is 2. The zero-order valence-corrected chi connectivity index (χ0v) is 10.9. The Hall–Kier alpha value is -1.36. The number of hydrogen-bond donors (Lipinski definition) is 2. The Morgan fingerprint density at radius 1 is 1.47 bits per heavy atom. The van der Waals surface area contributed by atoms with E-state index in [1.54, 1.807) is 6.26 Å². The predicted molar refractivity (Wildman–Crippen MR) is 72.7 cm³/mol. The highest BCUT2D eigenvalue weighted by Gasteiger charge is 2.06. The number of benzene rings is 1. The molecule has 0 aliphatic rings. The molecule has 0 bridgehead atoms. The lowest BCUT2D eigenvalue weighted by Gasteiger charge is -2.11. The van der Waals surface area contributed by atoms with Crippen LogP contribution in [0, 0.1) is 0 Å². The number of aromatic nitrogens is 2. The monoisotopic (exact) mass is 251 g/mol. The van der Waals surface area contributed by atoms with Gasteiger partial charge in [-0.25, -0.2) is 4.98 Å². The smallest absolute Gasteiger partial charge is 0.201 e. The van der Waals surface area contributed by atoms with E-state index >= 15 is 0 Å². The van der Waals surface area contributed by atoms with Gasteiger partial charge in [-0.1, -0.05) is 12.1 Å². The average molecular weight is 251 g/mol. The van der Waals surface area contributed by atoms with Crippen molar-refractivity contribution in [3.8, 4) is 0 Å². The van der Waals surface area contributed by atoms with Crippen molar-refractivity contribution in [2.75, 3.05) is 17.3 Å². The molecule has 0 saturated carbocycles. The van der Waals surface area contributed by atoms with Gasteiger partial charge in [0.05, 0.1) is 11.0 Å². The molecule has 1 aromatic carbocycles. The Balaban J connectivity index is 2.00. The molecule has 92 valence electrons. The summed E-state index contributed by atoms with van der Waals surface area (Å²) in [7, 11) is -0.729. The fourth-order valence-corrected chi connectivity index (χ4v) is 2.35. The highest BCUT2D eigenvalue weighted by Crippen LogP contribution is 2.14. The molecular weight excluding hydrogens is 234 g/mol. The Kier molecular flexibility index (Phi) is 3.78. The van der Waals surface area contributed by atoms with Crippen LogP contribution < -0.4 is 5.32 Å². The Morgan fingerprint density at radius 2 is 2.24 bits per heavy atom. The fourth-order valence-electron chi connectivity index (χ4n) is 1.67. The van der Waals surface area contributed by atoms with E-state index in [2.05, 4.69) is 22.2 Å². The highest BCUT2D eigenvalue weighted by atomic mass is 32.2. The first kappa shape index (κ1) is 12.1. The van der Waals surface area contributed by atoms with E-state index in [0.717, 1.165) is 23.4 Å². The molecule has 17 heavy (non-hydrogen) atoms. The number of H-pyrrole nitrogens is 1. The second-order valence-electron chi connectivity index (χ2n) is 4.21. The van der Waals surface area contributed by atoms with Gasteiger partial charge in [0.2, 0.25) is 5.95 Å². The summed E-state index contributed by atoms with van der Waals surface area (Å²) in [5, 5.41) is 3.29. The Bertz CT molecular complexity index is 490. The summed E-state index contributed by atoms with van der Waals surface area (Å²) in [6, 6.07) is 8.19. The summed E-state index contributed by atoms with van der Waals surface area (Å²) in [5.74, 6) is 1.49. The average Bonchev–Trinajstić information content (AvgIpc) is 2.68. The number of fused-ring (bicyclic) bond motifs is 1. The van der Waals surface area contributed by atoms with Gasteiger partial charge in [0.15, 0.2) is 0 Å². The lowest BCUT2D eigenvalue weighted by atomic mass is 10.3. The van der Waals surface area contributed by atoms with Crippen molar-refractivity contribution in [3.05, 3.63) is 24.3 Å². The first-order chi connectivity index (χ1) is 8.15. The lowest BCUT2D eigenvalue weighted by Crippen LogP contribution is -2.18. The molecule has 0 amide bonds. The van der Waals surface area contributed by atoms with Crippen LogP contribution in [0.4, 0.5) is 5.95 Å². The van der Waals surface area contributed by atoms with Gasteiger partial charge < -0.3 is 10.3 Å². The zero-order chi connectivity index (χ0) is 12.3. The predicted octanol–water partition coefficient (Wildman–Crippen LogP) is 2.13. The van der Waals surface area contributed by atoms with Crippen LogP contribution in [-0.2, 0) is 10.8 Å². The maximum atomic E-state index is 11.0. The molecule has 1 heterocycles. The minimum Gasteiger partial charge on any atom is -0.353 e. The summed E-state index contributed by atoms with van der Waals surface area (Å²) in [5.41, 5.74) is 1.99. The first-order valence-corrected chi connectivity index (χ1v) is 7.39. The summed E-state index contributed by atoms with van der Waals surface area (Å²) in [6.45, 7) is 2.07. The number of para-hydroxylation sites is 2. The molecule has 0 aliphatic heterocycles. The van der Waals surface area contributed by atoms with E-state index in [1.807, 2.05) is 24.3 Å². The van der Waals surface area contributed by atoms with Crippen molar-refractivity contribution in [1.29, 1.82) is 0 Å². The zero-order valence-electron chi connectivity index (χ0n) is 10.1. The van der Waals surface area contributed by atoms with E-state index in [0.29, 0.717) is 5.75 Å². The number of rotatable bonds is 5. The van der Waals surface area contributed by atoms with Crippen LogP contribution in [0.25, 0.3) is 11.0 Å². The van der Waals surface area contributed by atoms with Crippen molar-refractivity contribution in [1.82, 2.24) is 9.97 Å². The molecule has 0 saturated heterocycles. The SMILES string of the molecule is CC(CCS(C)=O)Nc1nc2ccccc2[nH]1. The summed E-state index contributed by atoms with van der Waals surface area (Å²) >= 11 is 0. The third kappa shape index (κ3) is 3.30. The van der Waals surface area contributed by atoms with Gasteiger partial charge in [0, 0.05) is 28.9 Å². The van der Waals surface area contributed by atoms with Crippen molar-refractivity contribution in [3.63, 3.8) is 0 Å². The van der Waals surface area contributed by atoms with Crippen LogP contribution in [0.1, 0.15) is 13.3 Å². The summed E-state index contributed by atoms with van der Waals surface area (Å²) in [4.78, 5) is 7.65. The molecule has 2 N–H and O–H groups in total. The lowest BCUT2D eigenvalue weighted by molar-refractivity contribution is 0.678. The van der Waals surface area contributed by atoms with Crippen LogP contribution in [0.5, 0.6) is 0 Å². The van der Waals surface area contributed by atoms with Crippen LogP contribution in [0.2, 0.25) is 0 Å². The third-order valence-corrected chi connectivity index (χ3v) is 3.42. The molecule has 2 atom stereocenters. The molecule has 0 aliphatic carbocycles. The second kappa shape index (κ2) is 5.31. The Labute approximate surface area is 103 Å². The van der Waals surface area contributed by atoms with Gasteiger partial charge >= 0.3 is 0 Å². The number of anilines is 1. The van der Waals surface area contributed by atoms with Gasteiger partial charge in [0.1, 0.15) is 0 Å². The third-order valence-electron chi connectivity index (χ3n) is 2.61. The molecule has 2 aromatic rings. The maximum Gasteiger partial charge on any atom is 0.201 e. The van der Waals surface area contributed by atoms with Gasteiger partial charge in [-0.3, -0.25) is 4.21 Å². The van der Waals surface area contributed by atoms with Crippen molar-refractivity contribution in [2.45, 2.75) is 19.4 Å². The van der Waals surface area contributed by atoms with Crippen molar-refractivity contribution >= 4 is 27.8 Å². The number of hydrogen-bond acceptors (Lipinski definition) is 3. The molecule has 5 heteroatoms. The van der Waals surface area contributed by atoms with Crippen molar-refractivity contribution in [2.24, 2.45) is 0 Å². The van der Waals surface area contributed by atoms with Gasteiger partial charge in [0.25, 0.3) is 0 Å². The molecular formula is C12H17N3OS. The normalized spacial score (nSPS) is 14.7.